The fourth-order valence-electron chi connectivity index (χ4n) is 4.16. The van der Waals surface area contributed by atoms with Gasteiger partial charge in [0, 0.05) is 13.2 Å². The van der Waals surface area contributed by atoms with E-state index in [0.29, 0.717) is 10.8 Å². The van der Waals surface area contributed by atoms with E-state index in [9.17, 15) is 0 Å². The first kappa shape index (κ1) is 12.4. The molecule has 1 heteroatoms. The largest absolute Gasteiger partial charge is 0.381 e. The minimum Gasteiger partial charge on any atom is -0.381 e. The lowest BCUT2D eigenvalue weighted by molar-refractivity contribution is -0.0936. The maximum absolute atomic E-state index is 5.61. The number of rotatable bonds is 1. The topological polar surface area (TPSA) is 9.23 Å². The summed E-state index contributed by atoms with van der Waals surface area (Å²) < 4.78 is 5.61. The van der Waals surface area contributed by atoms with Crippen molar-refractivity contribution in [2.75, 3.05) is 13.2 Å². The van der Waals surface area contributed by atoms with Crippen LogP contribution >= 0.6 is 0 Å². The summed E-state index contributed by atoms with van der Waals surface area (Å²) in [6, 6.07) is 0. The van der Waals surface area contributed by atoms with Crippen LogP contribution in [0.5, 0.6) is 0 Å². The van der Waals surface area contributed by atoms with E-state index in [-0.39, 0.29) is 0 Å². The Morgan fingerprint density at radius 1 is 0.938 bits per heavy atom. The second kappa shape index (κ2) is 4.68. The molecule has 16 heavy (non-hydrogen) atoms. The van der Waals surface area contributed by atoms with Crippen molar-refractivity contribution in [3.63, 3.8) is 0 Å². The zero-order valence-electron chi connectivity index (χ0n) is 11.3. The van der Waals surface area contributed by atoms with E-state index in [0.717, 1.165) is 19.1 Å². The van der Waals surface area contributed by atoms with Gasteiger partial charge < -0.3 is 4.74 Å². The molecular formula is C15H28O. The summed E-state index contributed by atoms with van der Waals surface area (Å²) in [5, 5.41) is 0. The minimum atomic E-state index is 0.443. The molecule has 0 aromatic carbocycles. The molecule has 0 amide bonds. The Hall–Kier alpha value is -0.0400. The van der Waals surface area contributed by atoms with Crippen LogP contribution in [0.3, 0.4) is 0 Å². The Labute approximate surface area is 101 Å². The van der Waals surface area contributed by atoms with Crippen molar-refractivity contribution in [2.24, 2.45) is 16.7 Å². The second-order valence-corrected chi connectivity index (χ2v) is 6.85. The van der Waals surface area contributed by atoms with Crippen molar-refractivity contribution < 1.29 is 4.74 Å². The summed E-state index contributed by atoms with van der Waals surface area (Å²) in [5.41, 5.74) is 1.00. The number of hydrogen-bond acceptors (Lipinski definition) is 1. The lowest BCUT2D eigenvalue weighted by Crippen LogP contribution is -2.47. The highest BCUT2D eigenvalue weighted by atomic mass is 16.5. The molecule has 0 unspecified atom stereocenters. The summed E-state index contributed by atoms with van der Waals surface area (Å²) in [7, 11) is 0. The van der Waals surface area contributed by atoms with Gasteiger partial charge in [0.2, 0.25) is 0 Å². The van der Waals surface area contributed by atoms with Crippen LogP contribution in [0.15, 0.2) is 0 Å². The summed E-state index contributed by atoms with van der Waals surface area (Å²) >= 11 is 0. The molecule has 1 nitrogen and oxygen atoms in total. The van der Waals surface area contributed by atoms with Crippen molar-refractivity contribution in [1.29, 1.82) is 0 Å². The third kappa shape index (κ3) is 2.16. The van der Waals surface area contributed by atoms with E-state index >= 15 is 0 Å². The van der Waals surface area contributed by atoms with Crippen LogP contribution in [0.2, 0.25) is 0 Å². The third-order valence-corrected chi connectivity index (χ3v) is 5.27. The molecule has 0 aromatic rings. The predicted octanol–water partition coefficient (Wildman–Crippen LogP) is 4.41. The smallest absolute Gasteiger partial charge is 0.0471 e. The van der Waals surface area contributed by atoms with E-state index in [4.69, 9.17) is 4.74 Å². The standard InChI is InChI=1S/C15H28O/c1-14(2,3)15(9-11-16-12-10-15)13-7-5-4-6-8-13/h13H,4-12H2,1-3H3. The summed E-state index contributed by atoms with van der Waals surface area (Å²) in [6.45, 7) is 9.34. The minimum absolute atomic E-state index is 0.443. The predicted molar refractivity (Wildman–Crippen MR) is 68.5 cm³/mol. The van der Waals surface area contributed by atoms with Crippen molar-refractivity contribution in [1.82, 2.24) is 0 Å². The zero-order valence-corrected chi connectivity index (χ0v) is 11.3. The van der Waals surface area contributed by atoms with E-state index in [1.165, 1.54) is 44.9 Å². The Morgan fingerprint density at radius 3 is 2.00 bits per heavy atom. The van der Waals surface area contributed by atoms with Crippen molar-refractivity contribution in [2.45, 2.75) is 65.7 Å². The molecule has 1 saturated heterocycles. The first-order valence-corrected chi connectivity index (χ1v) is 7.14. The first-order valence-electron chi connectivity index (χ1n) is 7.14. The summed E-state index contributed by atoms with van der Waals surface area (Å²) in [4.78, 5) is 0. The molecule has 1 aliphatic carbocycles. The van der Waals surface area contributed by atoms with Gasteiger partial charge in [-0.05, 0) is 42.4 Å². The average Bonchev–Trinajstić information content (AvgIpc) is 2.30. The van der Waals surface area contributed by atoms with E-state index in [2.05, 4.69) is 20.8 Å². The maximum atomic E-state index is 5.61. The van der Waals surface area contributed by atoms with Gasteiger partial charge in [-0.15, -0.1) is 0 Å². The van der Waals surface area contributed by atoms with Gasteiger partial charge in [0.05, 0.1) is 0 Å². The molecule has 0 N–H and O–H groups in total. The van der Waals surface area contributed by atoms with Gasteiger partial charge in [-0.1, -0.05) is 40.0 Å². The van der Waals surface area contributed by atoms with Gasteiger partial charge in [0.25, 0.3) is 0 Å². The van der Waals surface area contributed by atoms with Gasteiger partial charge in [-0.2, -0.15) is 0 Å². The molecule has 0 bridgehead atoms. The fraction of sp³-hybridized carbons (Fsp3) is 1.00. The van der Waals surface area contributed by atoms with E-state index in [1.807, 2.05) is 0 Å². The highest BCUT2D eigenvalue weighted by Gasteiger charge is 2.48. The lowest BCUT2D eigenvalue weighted by Gasteiger charge is -2.53. The molecule has 0 aromatic heterocycles. The Morgan fingerprint density at radius 2 is 1.50 bits per heavy atom. The molecular weight excluding hydrogens is 196 g/mol. The van der Waals surface area contributed by atoms with Crippen LogP contribution in [0.25, 0.3) is 0 Å². The zero-order chi connectivity index (χ0) is 11.6. The van der Waals surface area contributed by atoms with E-state index in [1.54, 1.807) is 0 Å². The molecule has 1 heterocycles. The van der Waals surface area contributed by atoms with Crippen molar-refractivity contribution in [3.05, 3.63) is 0 Å². The lowest BCUT2D eigenvalue weighted by atomic mass is 9.53. The molecule has 1 saturated carbocycles. The molecule has 2 aliphatic rings. The third-order valence-electron chi connectivity index (χ3n) is 5.27. The molecule has 0 radical (unpaired) electrons. The van der Waals surface area contributed by atoms with Crippen LogP contribution in [-0.2, 0) is 4.74 Å². The second-order valence-electron chi connectivity index (χ2n) is 6.85. The Bertz CT molecular complexity index is 214. The Kier molecular flexibility index (Phi) is 3.63. The molecule has 94 valence electrons. The molecule has 0 atom stereocenters. The van der Waals surface area contributed by atoms with Crippen LogP contribution in [0, 0.1) is 16.7 Å². The molecule has 2 rings (SSSR count). The highest BCUT2D eigenvalue weighted by molar-refractivity contribution is 4.97. The van der Waals surface area contributed by atoms with Gasteiger partial charge in [-0.25, -0.2) is 0 Å². The van der Waals surface area contributed by atoms with Crippen molar-refractivity contribution in [3.8, 4) is 0 Å². The molecule has 1 aliphatic heterocycles. The molecule has 2 fully saturated rings. The molecule has 0 spiro atoms. The summed E-state index contributed by atoms with van der Waals surface area (Å²) in [6.07, 6.45) is 9.91. The van der Waals surface area contributed by atoms with Gasteiger partial charge in [0.15, 0.2) is 0 Å². The van der Waals surface area contributed by atoms with Gasteiger partial charge in [0.1, 0.15) is 0 Å². The first-order chi connectivity index (χ1) is 7.56. The Balaban J connectivity index is 2.18. The van der Waals surface area contributed by atoms with Crippen LogP contribution in [-0.4, -0.2) is 13.2 Å². The quantitative estimate of drug-likeness (QED) is 0.641. The van der Waals surface area contributed by atoms with Crippen LogP contribution in [0.4, 0.5) is 0 Å². The normalized spacial score (nSPS) is 27.9. The summed E-state index contributed by atoms with van der Waals surface area (Å²) in [5.74, 6) is 0.963. The number of hydrogen-bond donors (Lipinski definition) is 0. The van der Waals surface area contributed by atoms with Gasteiger partial charge >= 0.3 is 0 Å². The van der Waals surface area contributed by atoms with Crippen molar-refractivity contribution >= 4 is 0 Å². The van der Waals surface area contributed by atoms with E-state index < -0.39 is 0 Å². The highest BCUT2D eigenvalue weighted by Crippen LogP contribution is 2.55. The average molecular weight is 224 g/mol. The maximum Gasteiger partial charge on any atom is 0.0471 e. The van der Waals surface area contributed by atoms with Crippen LogP contribution < -0.4 is 0 Å². The monoisotopic (exact) mass is 224 g/mol. The van der Waals surface area contributed by atoms with Gasteiger partial charge in [-0.3, -0.25) is 0 Å². The SMILES string of the molecule is CC(C)(C)C1(C2CCCCC2)CCOCC1. The number of ether oxygens (including phenoxy) is 1. The van der Waals surface area contributed by atoms with Crippen LogP contribution in [0.1, 0.15) is 65.7 Å². The fourth-order valence-corrected chi connectivity index (χ4v) is 4.16.